The highest BCUT2D eigenvalue weighted by molar-refractivity contribution is 7.99. The molecule has 28 heavy (non-hydrogen) atoms. The van der Waals surface area contributed by atoms with E-state index in [1.165, 1.54) is 11.8 Å². The van der Waals surface area contributed by atoms with Crippen LogP contribution in [0.2, 0.25) is 0 Å². The van der Waals surface area contributed by atoms with Gasteiger partial charge in [-0.1, -0.05) is 11.8 Å². The van der Waals surface area contributed by atoms with Crippen molar-refractivity contribution in [2.24, 2.45) is 0 Å². The minimum absolute atomic E-state index is 0.255. The van der Waals surface area contributed by atoms with Crippen molar-refractivity contribution in [1.29, 1.82) is 0 Å². The molecule has 0 fully saturated rings. The number of pyridine rings is 1. The largest absolute Gasteiger partial charge is 0.507 e. The van der Waals surface area contributed by atoms with Crippen LogP contribution in [-0.2, 0) is 17.9 Å². The molecule has 0 spiro atoms. The Morgan fingerprint density at radius 2 is 2.00 bits per heavy atom. The van der Waals surface area contributed by atoms with Gasteiger partial charge in [-0.15, -0.1) is 0 Å². The van der Waals surface area contributed by atoms with Gasteiger partial charge in [0, 0.05) is 13.2 Å². The maximum atomic E-state index is 10.6. The Kier molecular flexibility index (Phi) is 6.12. The van der Waals surface area contributed by atoms with E-state index in [1.54, 1.807) is 0 Å². The molecule has 2 heterocycles. The van der Waals surface area contributed by atoms with Crippen molar-refractivity contribution in [3.05, 3.63) is 34.8 Å². The summed E-state index contributed by atoms with van der Waals surface area (Å²) in [6.45, 7) is 7.68. The van der Waals surface area contributed by atoms with Crippen molar-refractivity contribution in [3.8, 4) is 5.75 Å². The number of nitrogens with zero attached hydrogens (tertiary/aromatic N) is 3. The van der Waals surface area contributed by atoms with Crippen LogP contribution in [0.4, 0.5) is 5.82 Å². The van der Waals surface area contributed by atoms with E-state index in [4.69, 9.17) is 10.5 Å². The Labute approximate surface area is 169 Å². The molecule has 0 aliphatic heterocycles. The number of phenols is 1. The van der Waals surface area contributed by atoms with Crippen molar-refractivity contribution in [3.63, 3.8) is 0 Å². The molecule has 0 bridgehead atoms. The Bertz CT molecular complexity index is 1000. The summed E-state index contributed by atoms with van der Waals surface area (Å²) < 4.78 is 5.45. The number of imidazole rings is 1. The van der Waals surface area contributed by atoms with E-state index in [1.807, 2.05) is 40.1 Å². The minimum atomic E-state index is 0.255. The van der Waals surface area contributed by atoms with E-state index in [-0.39, 0.29) is 5.75 Å². The summed E-state index contributed by atoms with van der Waals surface area (Å²) in [5.74, 6) is 1.35. The van der Waals surface area contributed by atoms with Gasteiger partial charge >= 0.3 is 0 Å². The van der Waals surface area contributed by atoms with E-state index < -0.39 is 0 Å². The lowest BCUT2D eigenvalue weighted by Crippen LogP contribution is -2.11. The molecule has 0 aliphatic rings. The van der Waals surface area contributed by atoms with Gasteiger partial charge in [0.15, 0.2) is 5.82 Å². The first-order valence-corrected chi connectivity index (χ1v) is 9.99. The molecule has 1 aromatic carbocycles. The third-order valence-electron chi connectivity index (χ3n) is 4.40. The van der Waals surface area contributed by atoms with Crippen LogP contribution in [0.3, 0.4) is 0 Å². The van der Waals surface area contributed by atoms with Gasteiger partial charge in [0.2, 0.25) is 0 Å². The maximum Gasteiger partial charge on any atom is 0.151 e. The fraction of sp³-hybridized carbons (Fsp3) is 0.400. The zero-order chi connectivity index (χ0) is 20.4. The number of nitrogen functional groups attached to an aromatic ring is 1. The monoisotopic (exact) mass is 401 g/mol. The second-order valence-corrected chi connectivity index (χ2v) is 8.09. The van der Waals surface area contributed by atoms with Crippen LogP contribution in [0.25, 0.3) is 11.0 Å². The summed E-state index contributed by atoms with van der Waals surface area (Å²) in [4.78, 5) is 16.0. The minimum Gasteiger partial charge on any atom is -0.507 e. The molecule has 0 aliphatic carbocycles. The number of aromatic hydroxyl groups is 1. The molecule has 0 radical (unpaired) electrons. The smallest absolute Gasteiger partial charge is 0.151 e. The Morgan fingerprint density at radius 1 is 1.25 bits per heavy atom. The summed E-state index contributed by atoms with van der Waals surface area (Å²) in [7, 11) is 4.02. The summed E-state index contributed by atoms with van der Waals surface area (Å²) >= 11 is 1.46. The molecule has 4 N–H and O–H groups in total. The third kappa shape index (κ3) is 4.24. The Morgan fingerprint density at radius 3 is 2.68 bits per heavy atom. The number of aromatic nitrogens is 3. The molecule has 0 saturated heterocycles. The van der Waals surface area contributed by atoms with Crippen molar-refractivity contribution in [2.75, 3.05) is 26.4 Å². The predicted molar refractivity (Wildman–Crippen MR) is 113 cm³/mol. The lowest BCUT2D eigenvalue weighted by atomic mass is 10.1. The molecule has 150 valence electrons. The molecule has 2 aromatic heterocycles. The summed E-state index contributed by atoms with van der Waals surface area (Å²) in [6.07, 6.45) is 0. The van der Waals surface area contributed by atoms with Crippen molar-refractivity contribution >= 4 is 28.6 Å². The van der Waals surface area contributed by atoms with E-state index >= 15 is 0 Å². The number of nitrogens with one attached hydrogen (secondary N) is 1. The van der Waals surface area contributed by atoms with Gasteiger partial charge in [-0.25, -0.2) is 9.97 Å². The number of fused-ring (bicyclic) bond motifs is 1. The maximum absolute atomic E-state index is 10.6. The van der Waals surface area contributed by atoms with E-state index in [0.29, 0.717) is 30.4 Å². The van der Waals surface area contributed by atoms with Crippen molar-refractivity contribution in [1.82, 2.24) is 19.9 Å². The molecule has 0 saturated carbocycles. The molecule has 7 nitrogen and oxygen atoms in total. The summed E-state index contributed by atoms with van der Waals surface area (Å²) in [5, 5.41) is 10.6. The average molecular weight is 402 g/mol. The number of hydrogen-bond acceptors (Lipinski definition) is 7. The van der Waals surface area contributed by atoms with Crippen LogP contribution in [0.5, 0.6) is 5.75 Å². The first-order chi connectivity index (χ1) is 13.3. The van der Waals surface area contributed by atoms with Gasteiger partial charge in [-0.3, -0.25) is 0 Å². The number of nitrogens with two attached hydrogens (primary N) is 1. The molecule has 3 aromatic rings. The number of aryl methyl sites for hydroxylation is 2. The number of ether oxygens (including phenoxy) is 1. The van der Waals surface area contributed by atoms with Gasteiger partial charge in [-0.05, 0) is 58.1 Å². The standard InChI is InChI=1S/C20H27N5O2S/c1-6-27-10-16-23-17-18(24-16)20(21)22-12(3)19(17)28-15-7-11(2)13(8-14(15)26)9-25(4)5/h7-8,26H,6,9-10H2,1-5H3,(H2,21,22)(H,23,24). The highest BCUT2D eigenvalue weighted by atomic mass is 32.2. The molecule has 0 amide bonds. The number of rotatable bonds is 7. The van der Waals surface area contributed by atoms with E-state index in [2.05, 4.69) is 26.8 Å². The zero-order valence-electron chi connectivity index (χ0n) is 17.0. The first-order valence-electron chi connectivity index (χ1n) is 9.17. The number of phenolic OH excluding ortho intramolecular Hbond substituents is 1. The van der Waals surface area contributed by atoms with Crippen LogP contribution in [0.15, 0.2) is 21.9 Å². The summed E-state index contributed by atoms with van der Waals surface area (Å²) in [6, 6.07) is 3.85. The third-order valence-corrected chi connectivity index (χ3v) is 5.65. The molecular weight excluding hydrogens is 374 g/mol. The second-order valence-electron chi connectivity index (χ2n) is 7.04. The number of H-pyrrole nitrogens is 1. The lowest BCUT2D eigenvalue weighted by molar-refractivity contribution is 0.129. The predicted octanol–water partition coefficient (Wildman–Crippen LogP) is 3.61. The number of benzene rings is 1. The van der Waals surface area contributed by atoms with Crippen LogP contribution >= 0.6 is 11.8 Å². The summed E-state index contributed by atoms with van der Waals surface area (Å²) in [5.41, 5.74) is 10.6. The Hall–Kier alpha value is -2.29. The highest BCUT2D eigenvalue weighted by Gasteiger charge is 2.18. The second kappa shape index (κ2) is 8.38. The van der Waals surface area contributed by atoms with Crippen LogP contribution in [0, 0.1) is 13.8 Å². The molecule has 0 atom stereocenters. The lowest BCUT2D eigenvalue weighted by Gasteiger charge is -2.15. The highest BCUT2D eigenvalue weighted by Crippen LogP contribution is 2.41. The average Bonchev–Trinajstić information content (AvgIpc) is 3.05. The van der Waals surface area contributed by atoms with E-state index in [0.717, 1.165) is 38.7 Å². The SMILES string of the molecule is CCOCc1nc2c(N)nc(C)c(Sc3cc(C)c(CN(C)C)cc3O)c2[nH]1. The number of hydrogen-bond donors (Lipinski definition) is 3. The zero-order valence-corrected chi connectivity index (χ0v) is 17.8. The molecular formula is C20H27N5O2S. The first kappa shape index (κ1) is 20.4. The van der Waals surface area contributed by atoms with E-state index in [9.17, 15) is 5.11 Å². The van der Waals surface area contributed by atoms with Gasteiger partial charge in [0.1, 0.15) is 23.7 Å². The van der Waals surface area contributed by atoms with Gasteiger partial charge < -0.3 is 25.5 Å². The number of aromatic amines is 1. The molecule has 3 rings (SSSR count). The van der Waals surface area contributed by atoms with Crippen LogP contribution in [0.1, 0.15) is 29.6 Å². The quantitative estimate of drug-likeness (QED) is 0.556. The van der Waals surface area contributed by atoms with Crippen molar-refractivity contribution < 1.29 is 9.84 Å². The normalized spacial score (nSPS) is 11.6. The van der Waals surface area contributed by atoms with Crippen molar-refractivity contribution in [2.45, 2.75) is 43.7 Å². The molecule has 8 heteroatoms. The van der Waals surface area contributed by atoms with Gasteiger partial charge in [0.25, 0.3) is 0 Å². The van der Waals surface area contributed by atoms with Crippen LogP contribution in [-0.4, -0.2) is 45.7 Å². The topological polar surface area (TPSA) is 100 Å². The van der Waals surface area contributed by atoms with Gasteiger partial charge in [0.05, 0.1) is 21.0 Å². The van der Waals surface area contributed by atoms with Gasteiger partial charge in [-0.2, -0.15) is 0 Å². The number of anilines is 1. The van der Waals surface area contributed by atoms with Crippen LogP contribution < -0.4 is 5.73 Å². The Balaban J connectivity index is 2.02. The fourth-order valence-corrected chi connectivity index (χ4v) is 4.11. The molecule has 0 unspecified atom stereocenters. The fourth-order valence-electron chi connectivity index (χ4n) is 3.05.